The van der Waals surface area contributed by atoms with Crippen LogP contribution in [-0.2, 0) is 11.3 Å². The number of hydrogen-bond acceptors (Lipinski definition) is 5. The van der Waals surface area contributed by atoms with Crippen LogP contribution in [0, 0.1) is 0 Å². The second-order valence-corrected chi connectivity index (χ2v) is 5.75. The van der Waals surface area contributed by atoms with Crippen molar-refractivity contribution in [1.82, 2.24) is 15.5 Å². The van der Waals surface area contributed by atoms with Crippen molar-refractivity contribution in [3.05, 3.63) is 65.5 Å². The quantitative estimate of drug-likeness (QED) is 0.730. The largest absolute Gasteiger partial charge is 0.481 e. The average molecular weight is 358 g/mol. The predicted molar refractivity (Wildman–Crippen MR) is 93.1 cm³/mol. The molecule has 0 aliphatic heterocycles. The van der Waals surface area contributed by atoms with E-state index in [1.165, 1.54) is 0 Å². The molecule has 0 aliphatic rings. The molecule has 0 unspecified atom stereocenters. The number of carbonyl (C=O) groups is 1. The Morgan fingerprint density at radius 2 is 1.92 bits per heavy atom. The van der Waals surface area contributed by atoms with E-state index in [-0.39, 0.29) is 12.5 Å². The zero-order valence-electron chi connectivity index (χ0n) is 13.5. The zero-order valence-corrected chi connectivity index (χ0v) is 14.2. The summed E-state index contributed by atoms with van der Waals surface area (Å²) in [6.45, 7) is 1.79. The van der Waals surface area contributed by atoms with Gasteiger partial charge >= 0.3 is 0 Å². The summed E-state index contributed by atoms with van der Waals surface area (Å²) in [5.74, 6) is 1.09. The molecule has 7 heteroatoms. The first kappa shape index (κ1) is 17.0. The normalized spacial score (nSPS) is 11.8. The Bertz CT molecular complexity index is 834. The Balaban J connectivity index is 1.53. The molecule has 3 rings (SSSR count). The molecular weight excluding hydrogens is 342 g/mol. The fraction of sp³-hybridized carbons (Fsp3) is 0.167. The van der Waals surface area contributed by atoms with Gasteiger partial charge in [-0.1, -0.05) is 47.1 Å². The molecule has 0 aliphatic carbocycles. The van der Waals surface area contributed by atoms with Gasteiger partial charge in [-0.25, -0.2) is 0 Å². The smallest absolute Gasteiger partial charge is 0.261 e. The van der Waals surface area contributed by atoms with Crippen molar-refractivity contribution in [2.45, 2.75) is 19.6 Å². The van der Waals surface area contributed by atoms with Crippen molar-refractivity contribution in [2.24, 2.45) is 0 Å². The Hall–Kier alpha value is -2.86. The topological polar surface area (TPSA) is 77.2 Å². The van der Waals surface area contributed by atoms with Crippen LogP contribution >= 0.6 is 11.6 Å². The molecule has 1 heterocycles. The minimum atomic E-state index is -0.669. The number of halogens is 1. The van der Waals surface area contributed by atoms with Crippen LogP contribution in [0.25, 0.3) is 11.4 Å². The summed E-state index contributed by atoms with van der Waals surface area (Å²) in [5.41, 5.74) is 0.850. The van der Waals surface area contributed by atoms with Gasteiger partial charge < -0.3 is 14.6 Å². The molecule has 1 atom stereocenters. The molecule has 3 aromatic rings. The molecule has 128 valence electrons. The number of benzene rings is 2. The highest BCUT2D eigenvalue weighted by Gasteiger charge is 2.16. The molecule has 2 aromatic carbocycles. The number of rotatable bonds is 6. The molecule has 0 saturated carbocycles. The van der Waals surface area contributed by atoms with Crippen LogP contribution in [0.5, 0.6) is 5.75 Å². The number of aromatic nitrogens is 2. The summed E-state index contributed by atoms with van der Waals surface area (Å²) in [4.78, 5) is 16.4. The molecule has 1 amide bonds. The summed E-state index contributed by atoms with van der Waals surface area (Å²) in [7, 11) is 0. The Kier molecular flexibility index (Phi) is 5.30. The summed E-state index contributed by atoms with van der Waals surface area (Å²) < 4.78 is 10.7. The van der Waals surface area contributed by atoms with Gasteiger partial charge in [-0.3, -0.25) is 4.79 Å². The van der Waals surface area contributed by atoms with Crippen LogP contribution in [0.2, 0.25) is 5.02 Å². The van der Waals surface area contributed by atoms with Crippen LogP contribution in [0.15, 0.2) is 59.1 Å². The molecule has 0 bridgehead atoms. The molecule has 1 N–H and O–H groups in total. The van der Waals surface area contributed by atoms with Crippen molar-refractivity contribution >= 4 is 17.5 Å². The number of hydrogen-bond donors (Lipinski definition) is 1. The second-order valence-electron chi connectivity index (χ2n) is 5.31. The fourth-order valence-electron chi connectivity index (χ4n) is 2.11. The Labute approximate surface area is 149 Å². The van der Waals surface area contributed by atoms with Gasteiger partial charge in [0.15, 0.2) is 6.10 Å². The van der Waals surface area contributed by atoms with Gasteiger partial charge in [-0.05, 0) is 31.2 Å². The lowest BCUT2D eigenvalue weighted by molar-refractivity contribution is -0.127. The van der Waals surface area contributed by atoms with Gasteiger partial charge in [-0.2, -0.15) is 4.98 Å². The lowest BCUT2D eigenvalue weighted by Gasteiger charge is -2.13. The molecule has 1 aromatic heterocycles. The molecule has 0 spiro atoms. The second kappa shape index (κ2) is 7.81. The van der Waals surface area contributed by atoms with Crippen LogP contribution in [0.4, 0.5) is 0 Å². The van der Waals surface area contributed by atoms with Crippen LogP contribution < -0.4 is 10.1 Å². The summed E-state index contributed by atoms with van der Waals surface area (Å²) in [6.07, 6.45) is -0.669. The maximum Gasteiger partial charge on any atom is 0.261 e. The number of ether oxygens (including phenoxy) is 1. The van der Waals surface area contributed by atoms with E-state index in [2.05, 4.69) is 15.5 Å². The SMILES string of the molecule is C[C@@H](Oc1ccc(Cl)cc1)C(=O)NCc1nc(-c2ccccc2)no1. The van der Waals surface area contributed by atoms with Crippen LogP contribution in [0.3, 0.4) is 0 Å². The number of nitrogens with zero attached hydrogens (tertiary/aromatic N) is 2. The maximum atomic E-state index is 12.1. The first-order valence-corrected chi connectivity index (χ1v) is 8.07. The minimum Gasteiger partial charge on any atom is -0.481 e. The molecule has 25 heavy (non-hydrogen) atoms. The van der Waals surface area contributed by atoms with Gasteiger partial charge in [0, 0.05) is 10.6 Å². The number of nitrogens with one attached hydrogen (secondary N) is 1. The molecule has 0 saturated heterocycles. The van der Waals surface area contributed by atoms with E-state index in [0.717, 1.165) is 5.56 Å². The third-order valence-corrected chi connectivity index (χ3v) is 3.66. The van der Waals surface area contributed by atoms with Crippen molar-refractivity contribution in [3.63, 3.8) is 0 Å². The maximum absolute atomic E-state index is 12.1. The first-order chi connectivity index (χ1) is 12.1. The molecule has 0 radical (unpaired) electrons. The van der Waals surface area contributed by atoms with Gasteiger partial charge in [-0.15, -0.1) is 0 Å². The van der Waals surface area contributed by atoms with Crippen molar-refractivity contribution < 1.29 is 14.1 Å². The van der Waals surface area contributed by atoms with Gasteiger partial charge in [0.1, 0.15) is 5.75 Å². The van der Waals surface area contributed by atoms with E-state index < -0.39 is 6.10 Å². The summed E-state index contributed by atoms with van der Waals surface area (Å²) in [6, 6.07) is 16.3. The third-order valence-electron chi connectivity index (χ3n) is 3.41. The summed E-state index contributed by atoms with van der Waals surface area (Å²) in [5, 5.41) is 7.22. The van der Waals surface area contributed by atoms with E-state index in [1.54, 1.807) is 31.2 Å². The average Bonchev–Trinajstić information content (AvgIpc) is 3.11. The predicted octanol–water partition coefficient (Wildman–Crippen LogP) is 3.47. The van der Waals surface area contributed by atoms with Crippen molar-refractivity contribution in [3.8, 4) is 17.1 Å². The van der Waals surface area contributed by atoms with E-state index in [1.807, 2.05) is 30.3 Å². The van der Waals surface area contributed by atoms with Gasteiger partial charge in [0.2, 0.25) is 11.7 Å². The number of amides is 1. The standard InChI is InChI=1S/C18H16ClN3O3/c1-12(24-15-9-7-14(19)8-10-15)18(23)20-11-16-21-17(22-25-16)13-5-3-2-4-6-13/h2-10,12H,11H2,1H3,(H,20,23)/t12-/m1/s1. The Morgan fingerprint density at radius 3 is 2.64 bits per heavy atom. The van der Waals surface area contributed by atoms with E-state index in [9.17, 15) is 4.79 Å². The first-order valence-electron chi connectivity index (χ1n) is 7.70. The Morgan fingerprint density at radius 1 is 1.20 bits per heavy atom. The third kappa shape index (κ3) is 4.58. The van der Waals surface area contributed by atoms with Gasteiger partial charge in [0.25, 0.3) is 5.91 Å². The summed E-state index contributed by atoms with van der Waals surface area (Å²) >= 11 is 5.82. The van der Waals surface area contributed by atoms with Crippen molar-refractivity contribution in [1.29, 1.82) is 0 Å². The van der Waals surface area contributed by atoms with E-state index in [4.69, 9.17) is 20.9 Å². The lowest BCUT2D eigenvalue weighted by Crippen LogP contribution is -2.35. The number of carbonyl (C=O) groups excluding carboxylic acids is 1. The highest BCUT2D eigenvalue weighted by molar-refractivity contribution is 6.30. The molecule has 6 nitrogen and oxygen atoms in total. The van der Waals surface area contributed by atoms with Crippen molar-refractivity contribution in [2.75, 3.05) is 0 Å². The molecular formula is C18H16ClN3O3. The highest BCUT2D eigenvalue weighted by Crippen LogP contribution is 2.17. The van der Waals surface area contributed by atoms with E-state index >= 15 is 0 Å². The zero-order chi connectivity index (χ0) is 17.6. The van der Waals surface area contributed by atoms with Crippen LogP contribution in [-0.4, -0.2) is 22.2 Å². The van der Waals surface area contributed by atoms with Crippen LogP contribution in [0.1, 0.15) is 12.8 Å². The van der Waals surface area contributed by atoms with E-state index in [0.29, 0.717) is 22.5 Å². The lowest BCUT2D eigenvalue weighted by atomic mass is 10.2. The monoisotopic (exact) mass is 357 g/mol. The van der Waals surface area contributed by atoms with Gasteiger partial charge in [0.05, 0.1) is 6.54 Å². The fourth-order valence-corrected chi connectivity index (χ4v) is 2.23. The minimum absolute atomic E-state index is 0.132. The highest BCUT2D eigenvalue weighted by atomic mass is 35.5. The molecule has 0 fully saturated rings.